The van der Waals surface area contributed by atoms with Crippen LogP contribution in [0.25, 0.3) is 5.82 Å². The molecule has 1 amide bonds. The maximum absolute atomic E-state index is 13.6. The Hall–Kier alpha value is -3.06. The van der Waals surface area contributed by atoms with Crippen LogP contribution in [0.2, 0.25) is 0 Å². The molecule has 1 aromatic carbocycles. The molecule has 0 aliphatic carbocycles. The third-order valence-electron chi connectivity index (χ3n) is 5.51. The lowest BCUT2D eigenvalue weighted by molar-refractivity contribution is 0.0631. The molecule has 7 nitrogen and oxygen atoms in total. The first-order valence-electron chi connectivity index (χ1n) is 9.78. The van der Waals surface area contributed by atoms with E-state index in [2.05, 4.69) is 10.5 Å². The zero-order chi connectivity index (χ0) is 20.5. The van der Waals surface area contributed by atoms with Gasteiger partial charge in [-0.05, 0) is 32.9 Å². The number of aromatic nitrogens is 2. The van der Waals surface area contributed by atoms with Gasteiger partial charge in [0, 0.05) is 42.7 Å². The van der Waals surface area contributed by atoms with E-state index >= 15 is 0 Å². The van der Waals surface area contributed by atoms with Gasteiger partial charge in [0.05, 0.1) is 18.7 Å². The van der Waals surface area contributed by atoms with E-state index in [4.69, 9.17) is 9.26 Å². The largest absolute Gasteiger partial charge is 0.496 e. The molecule has 0 radical (unpaired) electrons. The Bertz CT molecular complexity index is 1040. The van der Waals surface area contributed by atoms with Crippen LogP contribution >= 0.6 is 0 Å². The highest BCUT2D eigenvalue weighted by Gasteiger charge is 2.32. The fourth-order valence-electron chi connectivity index (χ4n) is 4.11. The minimum Gasteiger partial charge on any atom is -0.496 e. The predicted octanol–water partition coefficient (Wildman–Crippen LogP) is 3.19. The molecule has 0 saturated carbocycles. The highest BCUT2D eigenvalue weighted by Crippen LogP contribution is 2.32. The second-order valence-electron chi connectivity index (χ2n) is 7.38. The van der Waals surface area contributed by atoms with E-state index in [1.807, 2.05) is 66.6 Å². The molecule has 7 heteroatoms. The maximum Gasteiger partial charge on any atom is 0.256 e. The number of amides is 1. The number of carbonyl (C=O) groups is 1. The first-order valence-corrected chi connectivity index (χ1v) is 9.78. The van der Waals surface area contributed by atoms with E-state index in [1.165, 1.54) is 0 Å². The normalized spacial score (nSPS) is 16.8. The van der Waals surface area contributed by atoms with E-state index in [0.717, 1.165) is 35.0 Å². The summed E-state index contributed by atoms with van der Waals surface area (Å²) in [6.45, 7) is 7.86. The molecule has 4 rings (SSSR count). The molecule has 0 bridgehead atoms. The number of hydrogen-bond acceptors (Lipinski definition) is 5. The molecule has 1 N–H and O–H groups in total. The standard InChI is InChI=1S/C22H26N4O3/c1-14-11-18(16(3)26(14)21-12-15(2)29-24-21)22(27)25-10-9-23-13-19(25)17-7-5-6-8-20(17)28-4/h5-8,11-12,19,23H,9-10,13H2,1-4H3. The summed E-state index contributed by atoms with van der Waals surface area (Å²) in [6.07, 6.45) is 0. The molecule has 1 atom stereocenters. The van der Waals surface area contributed by atoms with Crippen LogP contribution in [0, 0.1) is 20.8 Å². The lowest BCUT2D eigenvalue weighted by Crippen LogP contribution is -2.48. The van der Waals surface area contributed by atoms with Gasteiger partial charge in [-0.25, -0.2) is 0 Å². The number of nitrogens with one attached hydrogen (secondary N) is 1. The number of aryl methyl sites for hydroxylation is 2. The van der Waals surface area contributed by atoms with Crippen LogP contribution in [0.15, 0.2) is 40.9 Å². The summed E-state index contributed by atoms with van der Waals surface area (Å²) in [5.74, 6) is 2.24. The predicted molar refractivity (Wildman–Crippen MR) is 110 cm³/mol. The average molecular weight is 394 g/mol. The molecular formula is C22H26N4O3. The number of methoxy groups -OCH3 is 1. The molecule has 152 valence electrons. The molecule has 1 saturated heterocycles. The van der Waals surface area contributed by atoms with Crippen LogP contribution in [0.1, 0.15) is 39.1 Å². The van der Waals surface area contributed by atoms with Crippen molar-refractivity contribution in [3.63, 3.8) is 0 Å². The topological polar surface area (TPSA) is 72.5 Å². The molecule has 0 spiro atoms. The number of rotatable bonds is 4. The number of benzene rings is 1. The Kier molecular flexibility index (Phi) is 5.15. The van der Waals surface area contributed by atoms with Crippen LogP contribution in [-0.4, -0.2) is 47.3 Å². The third-order valence-corrected chi connectivity index (χ3v) is 5.51. The number of ether oxygens (including phenoxy) is 1. The quantitative estimate of drug-likeness (QED) is 0.736. The van der Waals surface area contributed by atoms with E-state index in [9.17, 15) is 4.79 Å². The summed E-state index contributed by atoms with van der Waals surface area (Å²) in [7, 11) is 1.66. The number of piperazine rings is 1. The fraction of sp³-hybridized carbons (Fsp3) is 0.364. The molecule has 1 aliphatic heterocycles. The monoisotopic (exact) mass is 394 g/mol. The van der Waals surface area contributed by atoms with Crippen LogP contribution in [0.3, 0.4) is 0 Å². The SMILES string of the molecule is COc1ccccc1C1CNCCN1C(=O)c1cc(C)n(-c2cc(C)on2)c1C. The van der Waals surface area contributed by atoms with Crippen molar-refractivity contribution in [3.05, 3.63) is 64.7 Å². The second-order valence-corrected chi connectivity index (χ2v) is 7.38. The molecule has 3 aromatic rings. The highest BCUT2D eigenvalue weighted by atomic mass is 16.5. The Morgan fingerprint density at radius 3 is 2.76 bits per heavy atom. The Morgan fingerprint density at radius 2 is 2.03 bits per heavy atom. The summed E-state index contributed by atoms with van der Waals surface area (Å²) >= 11 is 0. The summed E-state index contributed by atoms with van der Waals surface area (Å²) < 4.78 is 12.7. The van der Waals surface area contributed by atoms with Crippen LogP contribution < -0.4 is 10.1 Å². The smallest absolute Gasteiger partial charge is 0.256 e. The van der Waals surface area contributed by atoms with Crippen molar-refractivity contribution < 1.29 is 14.1 Å². The van der Waals surface area contributed by atoms with E-state index in [1.54, 1.807) is 7.11 Å². The van der Waals surface area contributed by atoms with Gasteiger partial charge in [0.1, 0.15) is 11.5 Å². The second kappa shape index (κ2) is 7.75. The van der Waals surface area contributed by atoms with Crippen molar-refractivity contribution in [1.82, 2.24) is 19.9 Å². The number of para-hydroxylation sites is 1. The first-order chi connectivity index (χ1) is 14.0. The summed E-state index contributed by atoms with van der Waals surface area (Å²) in [5.41, 5.74) is 3.50. The molecule has 1 aliphatic rings. The van der Waals surface area contributed by atoms with E-state index < -0.39 is 0 Å². The molecule has 29 heavy (non-hydrogen) atoms. The van der Waals surface area contributed by atoms with Crippen molar-refractivity contribution in [2.75, 3.05) is 26.7 Å². The molecule has 1 fully saturated rings. The van der Waals surface area contributed by atoms with Crippen LogP contribution in [-0.2, 0) is 0 Å². The summed E-state index contributed by atoms with van der Waals surface area (Å²) in [4.78, 5) is 15.5. The van der Waals surface area contributed by atoms with Gasteiger partial charge in [0.2, 0.25) is 0 Å². The molecule has 1 unspecified atom stereocenters. The van der Waals surface area contributed by atoms with Gasteiger partial charge >= 0.3 is 0 Å². The number of nitrogens with zero attached hydrogens (tertiary/aromatic N) is 3. The highest BCUT2D eigenvalue weighted by molar-refractivity contribution is 5.96. The van der Waals surface area contributed by atoms with E-state index in [-0.39, 0.29) is 11.9 Å². The van der Waals surface area contributed by atoms with Crippen molar-refractivity contribution in [1.29, 1.82) is 0 Å². The Morgan fingerprint density at radius 1 is 1.24 bits per heavy atom. The summed E-state index contributed by atoms with van der Waals surface area (Å²) in [6, 6.07) is 11.6. The molecule has 2 aromatic heterocycles. The van der Waals surface area contributed by atoms with Gasteiger partial charge in [-0.3, -0.25) is 9.36 Å². The Labute approximate surface area is 170 Å². The van der Waals surface area contributed by atoms with Crippen molar-refractivity contribution >= 4 is 5.91 Å². The van der Waals surface area contributed by atoms with Crippen LogP contribution in [0.4, 0.5) is 0 Å². The van der Waals surface area contributed by atoms with Gasteiger partial charge in [-0.1, -0.05) is 23.4 Å². The van der Waals surface area contributed by atoms with Crippen LogP contribution in [0.5, 0.6) is 5.75 Å². The van der Waals surface area contributed by atoms with E-state index in [0.29, 0.717) is 24.5 Å². The lowest BCUT2D eigenvalue weighted by Gasteiger charge is -2.37. The van der Waals surface area contributed by atoms with Gasteiger partial charge in [0.25, 0.3) is 5.91 Å². The maximum atomic E-state index is 13.6. The zero-order valence-corrected chi connectivity index (χ0v) is 17.2. The average Bonchev–Trinajstić information content (AvgIpc) is 3.29. The molecule has 3 heterocycles. The third kappa shape index (κ3) is 3.42. The minimum absolute atomic E-state index is 0.0157. The fourth-order valence-corrected chi connectivity index (χ4v) is 4.11. The minimum atomic E-state index is -0.0928. The number of hydrogen-bond donors (Lipinski definition) is 1. The van der Waals surface area contributed by atoms with Crippen molar-refractivity contribution in [3.8, 4) is 11.6 Å². The van der Waals surface area contributed by atoms with Crippen molar-refractivity contribution in [2.45, 2.75) is 26.8 Å². The lowest BCUT2D eigenvalue weighted by atomic mass is 10.0. The summed E-state index contributed by atoms with van der Waals surface area (Å²) in [5, 5.41) is 7.52. The van der Waals surface area contributed by atoms with Gasteiger partial charge in [-0.2, -0.15) is 0 Å². The van der Waals surface area contributed by atoms with Gasteiger partial charge < -0.3 is 19.5 Å². The van der Waals surface area contributed by atoms with Gasteiger partial charge in [-0.15, -0.1) is 0 Å². The molecular weight excluding hydrogens is 368 g/mol. The van der Waals surface area contributed by atoms with Gasteiger partial charge in [0.15, 0.2) is 5.82 Å². The first kappa shape index (κ1) is 19.3. The van der Waals surface area contributed by atoms with Crippen molar-refractivity contribution in [2.24, 2.45) is 0 Å². The Balaban J connectivity index is 1.71. The zero-order valence-electron chi connectivity index (χ0n) is 17.2. The number of carbonyl (C=O) groups excluding carboxylic acids is 1.